The van der Waals surface area contributed by atoms with E-state index in [0.29, 0.717) is 54.4 Å². The maximum absolute atomic E-state index is 13.6. The summed E-state index contributed by atoms with van der Waals surface area (Å²) in [7, 11) is 0. The van der Waals surface area contributed by atoms with Crippen molar-refractivity contribution in [1.82, 2.24) is 10.3 Å². The van der Waals surface area contributed by atoms with Gasteiger partial charge < -0.3 is 24.3 Å². The number of rotatable bonds is 12. The number of nitrogens with zero attached hydrogens (tertiary/aromatic N) is 1. The standard InChI is InChI=1S/C27H26F2N2O5/c1-17(27(32)33)34-22-4-2-3-18(15-22)11-13-30-14-12-25(35-21-8-5-19(28)6-9-21)26-31-23-16-20(29)7-10-24(23)36-26/h2-10,15-17,25,30H,11-14H2,1H3,(H,32,33). The van der Waals surface area contributed by atoms with Gasteiger partial charge in [-0.1, -0.05) is 12.1 Å². The summed E-state index contributed by atoms with van der Waals surface area (Å²) in [6.45, 7) is 2.69. The second kappa shape index (κ2) is 11.6. The summed E-state index contributed by atoms with van der Waals surface area (Å²) in [6.07, 6.45) is -0.316. The highest BCUT2D eigenvalue weighted by molar-refractivity contribution is 5.72. The molecule has 7 nitrogen and oxygen atoms in total. The first-order valence-electron chi connectivity index (χ1n) is 11.5. The van der Waals surface area contributed by atoms with Crippen molar-refractivity contribution >= 4 is 17.1 Å². The van der Waals surface area contributed by atoms with Crippen LogP contribution >= 0.6 is 0 Å². The molecule has 4 aromatic rings. The number of carboxylic acid groups (broad SMARTS) is 1. The summed E-state index contributed by atoms with van der Waals surface area (Å²) in [4.78, 5) is 15.4. The Morgan fingerprint density at radius 3 is 2.56 bits per heavy atom. The number of benzene rings is 3. The Labute approximate surface area is 206 Å². The minimum atomic E-state index is -1.02. The van der Waals surface area contributed by atoms with Crippen LogP contribution in [-0.4, -0.2) is 35.3 Å². The maximum atomic E-state index is 13.6. The minimum Gasteiger partial charge on any atom is -0.481 e. The van der Waals surface area contributed by atoms with Gasteiger partial charge in [-0.05, 0) is 80.5 Å². The normalized spacial score (nSPS) is 12.9. The molecule has 0 bridgehead atoms. The lowest BCUT2D eigenvalue weighted by atomic mass is 10.1. The average Bonchev–Trinajstić information content (AvgIpc) is 3.27. The molecule has 1 aromatic heterocycles. The van der Waals surface area contributed by atoms with E-state index in [1.807, 2.05) is 18.2 Å². The lowest BCUT2D eigenvalue weighted by Gasteiger charge is -2.17. The molecule has 0 aliphatic heterocycles. The SMILES string of the molecule is CC(Oc1cccc(CCNCCC(Oc2ccc(F)cc2)c2nc3cc(F)ccc3o2)c1)C(=O)O. The van der Waals surface area contributed by atoms with Crippen LogP contribution in [0.25, 0.3) is 11.1 Å². The number of carbonyl (C=O) groups is 1. The Balaban J connectivity index is 1.36. The average molecular weight is 497 g/mol. The lowest BCUT2D eigenvalue weighted by Crippen LogP contribution is -2.23. The van der Waals surface area contributed by atoms with Gasteiger partial charge in [0.1, 0.15) is 28.7 Å². The molecule has 188 valence electrons. The van der Waals surface area contributed by atoms with Crippen molar-refractivity contribution in [2.75, 3.05) is 13.1 Å². The van der Waals surface area contributed by atoms with E-state index in [1.165, 1.54) is 49.4 Å². The van der Waals surface area contributed by atoms with Crippen molar-refractivity contribution in [3.63, 3.8) is 0 Å². The first-order valence-corrected chi connectivity index (χ1v) is 11.5. The zero-order valence-corrected chi connectivity index (χ0v) is 19.6. The number of aliphatic carboxylic acids is 1. The third kappa shape index (κ3) is 6.79. The van der Waals surface area contributed by atoms with Crippen LogP contribution in [-0.2, 0) is 11.2 Å². The highest BCUT2D eigenvalue weighted by atomic mass is 19.1. The predicted molar refractivity (Wildman–Crippen MR) is 129 cm³/mol. The van der Waals surface area contributed by atoms with Crippen molar-refractivity contribution in [1.29, 1.82) is 0 Å². The molecule has 4 rings (SSSR count). The van der Waals surface area contributed by atoms with Crippen molar-refractivity contribution in [3.05, 3.63) is 89.8 Å². The zero-order chi connectivity index (χ0) is 25.5. The van der Waals surface area contributed by atoms with E-state index in [1.54, 1.807) is 6.07 Å². The fourth-order valence-electron chi connectivity index (χ4n) is 3.59. The Kier molecular flexibility index (Phi) is 8.12. The van der Waals surface area contributed by atoms with Crippen LogP contribution in [0.3, 0.4) is 0 Å². The van der Waals surface area contributed by atoms with Gasteiger partial charge in [-0.15, -0.1) is 0 Å². The van der Waals surface area contributed by atoms with E-state index >= 15 is 0 Å². The summed E-state index contributed by atoms with van der Waals surface area (Å²) in [6, 6.07) is 17.1. The second-order valence-electron chi connectivity index (χ2n) is 8.26. The molecule has 0 fully saturated rings. The number of hydrogen-bond acceptors (Lipinski definition) is 6. The van der Waals surface area contributed by atoms with Crippen molar-refractivity contribution in [2.24, 2.45) is 0 Å². The molecule has 2 atom stereocenters. The number of fused-ring (bicyclic) bond motifs is 1. The second-order valence-corrected chi connectivity index (χ2v) is 8.26. The molecule has 9 heteroatoms. The molecular weight excluding hydrogens is 470 g/mol. The van der Waals surface area contributed by atoms with Crippen LogP contribution in [0.15, 0.2) is 71.1 Å². The van der Waals surface area contributed by atoms with Crippen molar-refractivity contribution in [2.45, 2.75) is 32.0 Å². The highest BCUT2D eigenvalue weighted by Crippen LogP contribution is 2.27. The van der Waals surface area contributed by atoms with E-state index in [0.717, 1.165) is 5.56 Å². The molecule has 3 aromatic carbocycles. The molecule has 0 aliphatic rings. The molecule has 2 N–H and O–H groups in total. The maximum Gasteiger partial charge on any atom is 0.344 e. The Morgan fingerprint density at radius 2 is 1.78 bits per heavy atom. The molecule has 0 saturated carbocycles. The Bertz CT molecular complexity index is 1310. The fourth-order valence-corrected chi connectivity index (χ4v) is 3.59. The van der Waals surface area contributed by atoms with Crippen LogP contribution < -0.4 is 14.8 Å². The first kappa shape index (κ1) is 25.1. The topological polar surface area (TPSA) is 93.8 Å². The fraction of sp³-hybridized carbons (Fsp3) is 0.259. The van der Waals surface area contributed by atoms with Crippen LogP contribution in [0.5, 0.6) is 11.5 Å². The number of hydrogen-bond donors (Lipinski definition) is 2. The first-order chi connectivity index (χ1) is 17.4. The molecular formula is C27H26F2N2O5. The molecule has 0 saturated heterocycles. The van der Waals surface area contributed by atoms with Crippen LogP contribution in [0.1, 0.15) is 30.9 Å². The van der Waals surface area contributed by atoms with Gasteiger partial charge in [-0.2, -0.15) is 0 Å². The third-order valence-corrected chi connectivity index (χ3v) is 5.47. The number of aromatic nitrogens is 1. The van der Waals surface area contributed by atoms with E-state index in [2.05, 4.69) is 10.3 Å². The van der Waals surface area contributed by atoms with Gasteiger partial charge in [0, 0.05) is 12.5 Å². The van der Waals surface area contributed by atoms with Gasteiger partial charge in [-0.25, -0.2) is 18.6 Å². The van der Waals surface area contributed by atoms with E-state index in [-0.39, 0.29) is 5.82 Å². The summed E-state index contributed by atoms with van der Waals surface area (Å²) >= 11 is 0. The molecule has 1 heterocycles. The molecule has 36 heavy (non-hydrogen) atoms. The van der Waals surface area contributed by atoms with E-state index in [9.17, 15) is 13.6 Å². The van der Waals surface area contributed by atoms with Crippen LogP contribution in [0, 0.1) is 11.6 Å². The number of halogens is 2. The summed E-state index contributed by atoms with van der Waals surface area (Å²) in [5, 5.41) is 12.4. The Hall–Kier alpha value is -3.98. The summed E-state index contributed by atoms with van der Waals surface area (Å²) < 4.78 is 44.2. The summed E-state index contributed by atoms with van der Waals surface area (Å²) in [5.74, 6) is -0.538. The smallest absolute Gasteiger partial charge is 0.344 e. The molecule has 2 unspecified atom stereocenters. The Morgan fingerprint density at radius 1 is 1.00 bits per heavy atom. The van der Waals surface area contributed by atoms with Gasteiger partial charge in [0.05, 0.1) is 0 Å². The van der Waals surface area contributed by atoms with E-state index < -0.39 is 24.0 Å². The van der Waals surface area contributed by atoms with Gasteiger partial charge in [0.2, 0.25) is 5.89 Å². The van der Waals surface area contributed by atoms with Crippen molar-refractivity contribution in [3.8, 4) is 11.5 Å². The lowest BCUT2D eigenvalue weighted by molar-refractivity contribution is -0.144. The molecule has 0 radical (unpaired) electrons. The summed E-state index contributed by atoms with van der Waals surface area (Å²) in [5.41, 5.74) is 1.84. The highest BCUT2D eigenvalue weighted by Gasteiger charge is 2.21. The molecule has 0 amide bonds. The van der Waals surface area contributed by atoms with Crippen molar-refractivity contribution < 1.29 is 32.6 Å². The van der Waals surface area contributed by atoms with Gasteiger partial charge in [0.25, 0.3) is 0 Å². The van der Waals surface area contributed by atoms with E-state index in [4.69, 9.17) is 19.0 Å². The number of carboxylic acids is 1. The quantitative estimate of drug-likeness (QED) is 0.257. The van der Waals surface area contributed by atoms with Gasteiger partial charge in [-0.3, -0.25) is 0 Å². The zero-order valence-electron chi connectivity index (χ0n) is 19.6. The van der Waals surface area contributed by atoms with Gasteiger partial charge in [0.15, 0.2) is 17.8 Å². The predicted octanol–water partition coefficient (Wildman–Crippen LogP) is 5.30. The number of ether oxygens (including phenoxy) is 2. The number of oxazole rings is 1. The van der Waals surface area contributed by atoms with Crippen LogP contribution in [0.2, 0.25) is 0 Å². The molecule has 0 spiro atoms. The number of nitrogens with one attached hydrogen (secondary N) is 1. The minimum absolute atomic E-state index is 0.305. The van der Waals surface area contributed by atoms with Crippen LogP contribution in [0.4, 0.5) is 8.78 Å². The van der Waals surface area contributed by atoms with Gasteiger partial charge >= 0.3 is 5.97 Å². The molecule has 0 aliphatic carbocycles. The monoisotopic (exact) mass is 496 g/mol. The third-order valence-electron chi connectivity index (χ3n) is 5.47. The largest absolute Gasteiger partial charge is 0.481 e.